The molecule has 0 radical (unpaired) electrons. The molecular formula is C11H22O4. The van der Waals surface area contributed by atoms with Crippen LogP contribution in [0.1, 0.15) is 40.5 Å². The first kappa shape index (κ1) is 14.4. The van der Waals surface area contributed by atoms with Crippen LogP contribution in [0.2, 0.25) is 0 Å². The molecule has 15 heavy (non-hydrogen) atoms. The summed E-state index contributed by atoms with van der Waals surface area (Å²) in [5, 5.41) is 10.00. The van der Waals surface area contributed by atoms with Gasteiger partial charge < -0.3 is 14.6 Å². The van der Waals surface area contributed by atoms with E-state index in [1.807, 2.05) is 13.8 Å². The first-order chi connectivity index (χ1) is 6.72. The van der Waals surface area contributed by atoms with Crippen molar-refractivity contribution in [3.63, 3.8) is 0 Å². The van der Waals surface area contributed by atoms with Gasteiger partial charge in [-0.2, -0.15) is 0 Å². The van der Waals surface area contributed by atoms with Crippen molar-refractivity contribution in [3.8, 4) is 0 Å². The fourth-order valence-corrected chi connectivity index (χ4v) is 1.57. The van der Waals surface area contributed by atoms with Gasteiger partial charge >= 0.3 is 5.97 Å². The van der Waals surface area contributed by atoms with Gasteiger partial charge in [-0.15, -0.1) is 0 Å². The van der Waals surface area contributed by atoms with Crippen LogP contribution < -0.4 is 0 Å². The quantitative estimate of drug-likeness (QED) is 0.686. The lowest BCUT2D eigenvalue weighted by molar-refractivity contribution is -0.150. The molecule has 4 heteroatoms. The van der Waals surface area contributed by atoms with Crippen LogP contribution in [-0.2, 0) is 14.3 Å². The summed E-state index contributed by atoms with van der Waals surface area (Å²) >= 11 is 0. The first-order valence-electron chi connectivity index (χ1n) is 5.15. The van der Waals surface area contributed by atoms with Crippen LogP contribution >= 0.6 is 0 Å². The van der Waals surface area contributed by atoms with Gasteiger partial charge in [-0.1, -0.05) is 0 Å². The van der Waals surface area contributed by atoms with E-state index in [4.69, 9.17) is 9.47 Å². The van der Waals surface area contributed by atoms with Gasteiger partial charge in [-0.05, 0) is 27.7 Å². The molecule has 4 nitrogen and oxygen atoms in total. The van der Waals surface area contributed by atoms with E-state index < -0.39 is 11.2 Å². The van der Waals surface area contributed by atoms with Crippen molar-refractivity contribution >= 4 is 5.97 Å². The van der Waals surface area contributed by atoms with Crippen molar-refractivity contribution in [2.45, 2.75) is 51.7 Å². The number of esters is 1. The van der Waals surface area contributed by atoms with E-state index in [1.165, 1.54) is 0 Å². The average molecular weight is 218 g/mol. The third-order valence-electron chi connectivity index (χ3n) is 2.19. The lowest BCUT2D eigenvalue weighted by Crippen LogP contribution is -2.38. The second-order valence-electron chi connectivity index (χ2n) is 4.62. The summed E-state index contributed by atoms with van der Waals surface area (Å²) in [7, 11) is 1.58. The van der Waals surface area contributed by atoms with Crippen LogP contribution in [-0.4, -0.2) is 36.0 Å². The SMILES string of the molecule is CCOC(=O)CC(C)(O)CC(C)(C)OC. The summed E-state index contributed by atoms with van der Waals surface area (Å²) in [6.07, 6.45) is 0.378. The fourth-order valence-electron chi connectivity index (χ4n) is 1.57. The molecule has 0 saturated heterocycles. The number of hydrogen-bond donors (Lipinski definition) is 1. The summed E-state index contributed by atoms with van der Waals surface area (Å²) in [6.45, 7) is 7.43. The number of hydrogen-bond acceptors (Lipinski definition) is 4. The van der Waals surface area contributed by atoms with Crippen LogP contribution in [0, 0.1) is 0 Å². The minimum atomic E-state index is -1.09. The number of ether oxygens (including phenoxy) is 2. The predicted octanol–water partition coefficient (Wildman–Crippen LogP) is 1.51. The van der Waals surface area contributed by atoms with E-state index in [0.717, 1.165) is 0 Å². The van der Waals surface area contributed by atoms with Crippen molar-refractivity contribution in [1.29, 1.82) is 0 Å². The highest BCUT2D eigenvalue weighted by atomic mass is 16.5. The molecule has 90 valence electrons. The van der Waals surface area contributed by atoms with Gasteiger partial charge in [0, 0.05) is 13.5 Å². The lowest BCUT2D eigenvalue weighted by atomic mass is 9.88. The molecule has 0 aliphatic carbocycles. The van der Waals surface area contributed by atoms with E-state index >= 15 is 0 Å². The van der Waals surface area contributed by atoms with Gasteiger partial charge in [0.1, 0.15) is 0 Å². The third-order valence-corrected chi connectivity index (χ3v) is 2.19. The highest BCUT2D eigenvalue weighted by Gasteiger charge is 2.32. The minimum Gasteiger partial charge on any atom is -0.466 e. The molecule has 0 spiro atoms. The van der Waals surface area contributed by atoms with Crippen molar-refractivity contribution in [3.05, 3.63) is 0 Å². The molecule has 0 aliphatic rings. The van der Waals surface area contributed by atoms with E-state index in [2.05, 4.69) is 0 Å². The number of carbonyl (C=O) groups is 1. The molecule has 0 aromatic rings. The topological polar surface area (TPSA) is 55.8 Å². The monoisotopic (exact) mass is 218 g/mol. The van der Waals surface area contributed by atoms with Crippen molar-refractivity contribution in [2.24, 2.45) is 0 Å². The lowest BCUT2D eigenvalue weighted by Gasteiger charge is -2.32. The molecule has 0 fully saturated rings. The highest BCUT2D eigenvalue weighted by molar-refractivity contribution is 5.70. The van der Waals surface area contributed by atoms with Gasteiger partial charge in [0.2, 0.25) is 0 Å². The van der Waals surface area contributed by atoms with Gasteiger partial charge in [-0.25, -0.2) is 0 Å². The van der Waals surface area contributed by atoms with Crippen LogP contribution in [0.5, 0.6) is 0 Å². The zero-order chi connectivity index (χ0) is 12.1. The van der Waals surface area contributed by atoms with Gasteiger partial charge in [0.05, 0.1) is 24.2 Å². The molecule has 0 aromatic carbocycles. The summed E-state index contributed by atoms with van der Waals surface area (Å²) in [5.41, 5.74) is -1.54. The first-order valence-corrected chi connectivity index (χ1v) is 5.15. The Kier molecular flexibility index (Phi) is 5.24. The van der Waals surface area contributed by atoms with Gasteiger partial charge in [0.15, 0.2) is 0 Å². The number of aliphatic hydroxyl groups is 1. The number of rotatable bonds is 6. The normalized spacial score (nSPS) is 15.9. The molecule has 1 N–H and O–H groups in total. The molecule has 0 saturated carbocycles. The summed E-state index contributed by atoms with van der Waals surface area (Å²) in [4.78, 5) is 11.2. The largest absolute Gasteiger partial charge is 0.466 e. The molecule has 0 aliphatic heterocycles. The van der Waals surface area contributed by atoms with Crippen LogP contribution in [0.4, 0.5) is 0 Å². The van der Waals surface area contributed by atoms with Crippen molar-refractivity contribution in [1.82, 2.24) is 0 Å². The van der Waals surface area contributed by atoms with Crippen molar-refractivity contribution in [2.75, 3.05) is 13.7 Å². The Labute approximate surface area is 91.6 Å². The van der Waals surface area contributed by atoms with Crippen molar-refractivity contribution < 1.29 is 19.4 Å². The Balaban J connectivity index is 4.24. The molecule has 0 amide bonds. The zero-order valence-corrected chi connectivity index (χ0v) is 10.3. The summed E-state index contributed by atoms with van der Waals surface area (Å²) in [5.74, 6) is -0.380. The van der Waals surface area contributed by atoms with Crippen LogP contribution in [0.25, 0.3) is 0 Å². The predicted molar refractivity (Wildman–Crippen MR) is 57.6 cm³/mol. The Morgan fingerprint density at radius 3 is 2.27 bits per heavy atom. The average Bonchev–Trinajstić information content (AvgIpc) is 2.01. The Morgan fingerprint density at radius 1 is 1.33 bits per heavy atom. The second kappa shape index (κ2) is 5.47. The molecule has 1 atom stereocenters. The standard InChI is InChI=1S/C11H22O4/c1-6-15-9(12)7-11(4,13)8-10(2,3)14-5/h13H,6-8H2,1-5H3. The molecule has 0 heterocycles. The second-order valence-corrected chi connectivity index (χ2v) is 4.62. The molecular weight excluding hydrogens is 196 g/mol. The van der Waals surface area contributed by atoms with Crippen LogP contribution in [0.15, 0.2) is 0 Å². The minimum absolute atomic E-state index is 0.00632. The maximum absolute atomic E-state index is 11.2. The third kappa shape index (κ3) is 6.47. The Bertz CT molecular complexity index is 209. The maximum atomic E-state index is 11.2. The summed E-state index contributed by atoms with van der Waals surface area (Å²) < 4.78 is 9.99. The number of methoxy groups -OCH3 is 1. The van der Waals surface area contributed by atoms with E-state index in [0.29, 0.717) is 13.0 Å². The Morgan fingerprint density at radius 2 is 1.87 bits per heavy atom. The van der Waals surface area contributed by atoms with Gasteiger partial charge in [0.25, 0.3) is 0 Å². The molecule has 0 rings (SSSR count). The highest BCUT2D eigenvalue weighted by Crippen LogP contribution is 2.25. The molecule has 1 unspecified atom stereocenters. The Hall–Kier alpha value is -0.610. The number of carbonyl (C=O) groups excluding carboxylic acids is 1. The van der Waals surface area contributed by atoms with E-state index in [-0.39, 0.29) is 12.4 Å². The molecule has 0 bridgehead atoms. The zero-order valence-electron chi connectivity index (χ0n) is 10.3. The van der Waals surface area contributed by atoms with E-state index in [1.54, 1.807) is 21.0 Å². The summed E-state index contributed by atoms with van der Waals surface area (Å²) in [6, 6.07) is 0. The van der Waals surface area contributed by atoms with Crippen LogP contribution in [0.3, 0.4) is 0 Å². The smallest absolute Gasteiger partial charge is 0.308 e. The fraction of sp³-hybridized carbons (Fsp3) is 0.909. The maximum Gasteiger partial charge on any atom is 0.308 e. The van der Waals surface area contributed by atoms with Gasteiger partial charge in [-0.3, -0.25) is 4.79 Å². The molecule has 0 aromatic heterocycles. The van der Waals surface area contributed by atoms with E-state index in [9.17, 15) is 9.90 Å².